The first-order chi connectivity index (χ1) is 14.1. The minimum Gasteiger partial charge on any atom is -0.361 e. The summed E-state index contributed by atoms with van der Waals surface area (Å²) in [5, 5.41) is 3.43. The van der Waals surface area contributed by atoms with E-state index in [1.165, 1.54) is 42.6 Å². The lowest BCUT2D eigenvalue weighted by Crippen LogP contribution is -2.54. The Hall–Kier alpha value is -2.07. The topological polar surface area (TPSA) is 48.1 Å². The molecule has 2 unspecified atom stereocenters. The molecule has 4 nitrogen and oxygen atoms in total. The Bertz CT molecular complexity index is 853. The Morgan fingerprint density at radius 2 is 1.69 bits per heavy atom. The number of nitrogens with zero attached hydrogens (tertiary/aromatic N) is 1. The molecule has 1 aliphatic heterocycles. The van der Waals surface area contributed by atoms with Crippen molar-refractivity contribution in [2.75, 3.05) is 13.1 Å². The van der Waals surface area contributed by atoms with Crippen LogP contribution in [0.1, 0.15) is 78.7 Å². The van der Waals surface area contributed by atoms with Crippen molar-refractivity contribution in [1.82, 2.24) is 15.2 Å². The third-order valence-electron chi connectivity index (χ3n) is 6.98. The maximum atomic E-state index is 13.2. The van der Waals surface area contributed by atoms with Crippen LogP contribution in [0.15, 0.2) is 36.4 Å². The number of piperidine rings is 1. The fourth-order valence-electron chi connectivity index (χ4n) is 5.15. The standard InChI is InChI=1S/C25H33N3O/c1-16-13-28(15-18-6-4-3-5-7-18)14-17(2)23(16)27-25(29)21-12-22(19-8-9-19)26-24(21)20-10-11-20/h3-7,12,16-17,19-20,23,26H,8-11,13-15H2,1-2H3,(H,27,29). The van der Waals surface area contributed by atoms with Crippen LogP contribution in [0.3, 0.4) is 0 Å². The van der Waals surface area contributed by atoms with E-state index in [2.05, 4.69) is 65.4 Å². The number of carbonyl (C=O) groups is 1. The molecule has 0 spiro atoms. The molecule has 2 N–H and O–H groups in total. The normalized spacial score (nSPS) is 27.7. The summed E-state index contributed by atoms with van der Waals surface area (Å²) in [7, 11) is 0. The van der Waals surface area contributed by atoms with Gasteiger partial charge in [-0.15, -0.1) is 0 Å². The first kappa shape index (κ1) is 18.9. The molecule has 2 saturated carbocycles. The molecule has 0 bridgehead atoms. The van der Waals surface area contributed by atoms with Crippen molar-refractivity contribution in [1.29, 1.82) is 0 Å². The molecule has 5 rings (SSSR count). The molecule has 1 aromatic heterocycles. The summed E-state index contributed by atoms with van der Waals surface area (Å²) >= 11 is 0. The zero-order valence-corrected chi connectivity index (χ0v) is 17.7. The summed E-state index contributed by atoms with van der Waals surface area (Å²) in [6.07, 6.45) is 4.96. The van der Waals surface area contributed by atoms with Crippen molar-refractivity contribution in [2.45, 2.75) is 64.0 Å². The van der Waals surface area contributed by atoms with Crippen molar-refractivity contribution >= 4 is 5.91 Å². The van der Waals surface area contributed by atoms with Crippen LogP contribution in [0, 0.1) is 11.8 Å². The van der Waals surface area contributed by atoms with Crippen LogP contribution >= 0.6 is 0 Å². The average Bonchev–Trinajstić information content (AvgIpc) is 3.64. The number of carbonyl (C=O) groups excluding carboxylic acids is 1. The largest absolute Gasteiger partial charge is 0.361 e. The third kappa shape index (κ3) is 4.13. The monoisotopic (exact) mass is 391 g/mol. The number of benzene rings is 1. The van der Waals surface area contributed by atoms with Gasteiger partial charge in [-0.3, -0.25) is 9.69 Å². The van der Waals surface area contributed by atoms with E-state index in [4.69, 9.17) is 0 Å². The minimum absolute atomic E-state index is 0.134. The van der Waals surface area contributed by atoms with Crippen LogP contribution in [0.5, 0.6) is 0 Å². The third-order valence-corrected chi connectivity index (χ3v) is 6.98. The first-order valence-corrected chi connectivity index (χ1v) is 11.4. The maximum Gasteiger partial charge on any atom is 0.253 e. The second-order valence-corrected chi connectivity index (χ2v) is 9.73. The summed E-state index contributed by atoms with van der Waals surface area (Å²) < 4.78 is 0. The van der Waals surface area contributed by atoms with E-state index in [1.807, 2.05) is 0 Å². The number of aromatic nitrogens is 1. The van der Waals surface area contributed by atoms with Gasteiger partial charge >= 0.3 is 0 Å². The van der Waals surface area contributed by atoms with Crippen LogP contribution in [-0.2, 0) is 6.54 Å². The molecule has 4 heteroatoms. The predicted molar refractivity (Wildman–Crippen MR) is 116 cm³/mol. The number of amides is 1. The van der Waals surface area contributed by atoms with E-state index in [9.17, 15) is 4.79 Å². The Balaban J connectivity index is 1.25. The van der Waals surface area contributed by atoms with Crippen LogP contribution in [0.25, 0.3) is 0 Å². The molecule has 3 fully saturated rings. The second-order valence-electron chi connectivity index (χ2n) is 9.73. The molecular weight excluding hydrogens is 358 g/mol. The van der Waals surface area contributed by atoms with Crippen LogP contribution in [0.2, 0.25) is 0 Å². The highest BCUT2D eigenvalue weighted by Crippen LogP contribution is 2.45. The molecule has 1 aromatic carbocycles. The number of nitrogens with one attached hydrogen (secondary N) is 2. The molecular formula is C25H33N3O. The van der Waals surface area contributed by atoms with Crippen molar-refractivity contribution in [3.8, 4) is 0 Å². The van der Waals surface area contributed by atoms with E-state index in [0.29, 0.717) is 23.7 Å². The number of H-pyrrole nitrogens is 1. The van der Waals surface area contributed by atoms with E-state index in [-0.39, 0.29) is 11.9 Å². The zero-order chi connectivity index (χ0) is 20.0. The van der Waals surface area contributed by atoms with Crippen molar-refractivity contribution in [3.63, 3.8) is 0 Å². The molecule has 2 aromatic rings. The molecule has 1 saturated heterocycles. The highest BCUT2D eigenvalue weighted by molar-refractivity contribution is 5.96. The lowest BCUT2D eigenvalue weighted by atomic mass is 9.85. The van der Waals surface area contributed by atoms with E-state index >= 15 is 0 Å². The fourth-order valence-corrected chi connectivity index (χ4v) is 5.15. The van der Waals surface area contributed by atoms with Crippen molar-refractivity contribution < 1.29 is 4.79 Å². The number of likely N-dealkylation sites (tertiary alicyclic amines) is 1. The molecule has 29 heavy (non-hydrogen) atoms. The molecule has 3 aliphatic rings. The van der Waals surface area contributed by atoms with Gasteiger partial charge in [0, 0.05) is 37.1 Å². The Kier molecular flexibility index (Phi) is 4.99. The fraction of sp³-hybridized carbons (Fsp3) is 0.560. The lowest BCUT2D eigenvalue weighted by Gasteiger charge is -2.41. The quantitative estimate of drug-likeness (QED) is 0.753. The minimum atomic E-state index is 0.134. The Labute approximate surface area is 174 Å². The number of hydrogen-bond donors (Lipinski definition) is 2. The summed E-state index contributed by atoms with van der Waals surface area (Å²) in [5.74, 6) is 2.25. The van der Waals surface area contributed by atoms with Gasteiger partial charge < -0.3 is 10.3 Å². The van der Waals surface area contributed by atoms with Crippen molar-refractivity contribution in [3.05, 3.63) is 58.9 Å². The SMILES string of the molecule is CC1CN(Cc2ccccc2)CC(C)C1NC(=O)c1cc(C2CC2)[nH]c1C1CC1. The van der Waals surface area contributed by atoms with Gasteiger partial charge in [0.05, 0.1) is 5.56 Å². The van der Waals surface area contributed by atoms with Crippen LogP contribution < -0.4 is 5.32 Å². The van der Waals surface area contributed by atoms with Gasteiger partial charge in [0.1, 0.15) is 0 Å². The zero-order valence-electron chi connectivity index (χ0n) is 17.7. The average molecular weight is 392 g/mol. The molecule has 2 heterocycles. The van der Waals surface area contributed by atoms with Gasteiger partial charge in [-0.2, -0.15) is 0 Å². The molecule has 2 aliphatic carbocycles. The van der Waals surface area contributed by atoms with Gasteiger partial charge in [-0.25, -0.2) is 0 Å². The highest BCUT2D eigenvalue weighted by Gasteiger charge is 2.37. The summed E-state index contributed by atoms with van der Waals surface area (Å²) in [6.45, 7) is 7.62. The smallest absolute Gasteiger partial charge is 0.253 e. The number of rotatable bonds is 6. The van der Waals surface area contributed by atoms with Crippen molar-refractivity contribution in [2.24, 2.45) is 11.8 Å². The predicted octanol–water partition coefficient (Wildman–Crippen LogP) is 4.66. The second kappa shape index (κ2) is 7.64. The van der Waals surface area contributed by atoms with Gasteiger partial charge in [-0.1, -0.05) is 44.2 Å². The van der Waals surface area contributed by atoms with Gasteiger partial charge in [-0.05, 0) is 61.0 Å². The van der Waals surface area contributed by atoms with E-state index in [1.54, 1.807) is 0 Å². The van der Waals surface area contributed by atoms with E-state index in [0.717, 1.165) is 25.2 Å². The highest BCUT2D eigenvalue weighted by atomic mass is 16.1. The molecule has 1 amide bonds. The molecule has 2 atom stereocenters. The maximum absolute atomic E-state index is 13.2. The summed E-state index contributed by atoms with van der Waals surface area (Å²) in [6, 6.07) is 13.1. The van der Waals surface area contributed by atoms with Gasteiger partial charge in [0.2, 0.25) is 0 Å². The Morgan fingerprint density at radius 3 is 2.31 bits per heavy atom. The number of aromatic amines is 1. The lowest BCUT2D eigenvalue weighted by molar-refractivity contribution is 0.0732. The first-order valence-electron chi connectivity index (χ1n) is 11.4. The van der Waals surface area contributed by atoms with Crippen LogP contribution in [-0.4, -0.2) is 34.9 Å². The van der Waals surface area contributed by atoms with Gasteiger partial charge in [0.15, 0.2) is 0 Å². The Morgan fingerprint density at radius 1 is 1.03 bits per heavy atom. The van der Waals surface area contributed by atoms with Crippen LogP contribution in [0.4, 0.5) is 0 Å². The van der Waals surface area contributed by atoms with Gasteiger partial charge in [0.25, 0.3) is 5.91 Å². The molecule has 154 valence electrons. The molecule has 0 radical (unpaired) electrons. The van der Waals surface area contributed by atoms with E-state index < -0.39 is 0 Å². The number of hydrogen-bond acceptors (Lipinski definition) is 2. The summed E-state index contributed by atoms with van der Waals surface area (Å²) in [4.78, 5) is 19.4. The summed E-state index contributed by atoms with van der Waals surface area (Å²) in [5.41, 5.74) is 4.77.